The van der Waals surface area contributed by atoms with Crippen molar-refractivity contribution in [3.05, 3.63) is 0 Å². The number of ether oxygens (including phenoxy) is 2. The summed E-state index contributed by atoms with van der Waals surface area (Å²) in [6.07, 6.45) is -2.06. The van der Waals surface area contributed by atoms with E-state index in [9.17, 15) is 9.59 Å². The van der Waals surface area contributed by atoms with Crippen LogP contribution in [0.2, 0.25) is 0 Å². The van der Waals surface area contributed by atoms with Crippen molar-refractivity contribution in [1.82, 2.24) is 5.32 Å². The van der Waals surface area contributed by atoms with Crippen molar-refractivity contribution in [2.75, 3.05) is 13.7 Å². The Morgan fingerprint density at radius 3 is 2.33 bits per heavy atom. The lowest BCUT2D eigenvalue weighted by Crippen LogP contribution is -2.40. The molecule has 1 atom stereocenters. The molecule has 6 heteroatoms. The molecule has 88 valence electrons. The van der Waals surface area contributed by atoms with Crippen LogP contribution < -0.4 is 5.32 Å². The summed E-state index contributed by atoms with van der Waals surface area (Å²) in [7, 11) is 1.15. The highest BCUT2D eigenvalue weighted by atomic mass is 16.6. The molecule has 2 N–H and O–H groups in total. The van der Waals surface area contributed by atoms with Crippen molar-refractivity contribution in [1.29, 1.82) is 0 Å². The van der Waals surface area contributed by atoms with E-state index in [1.54, 1.807) is 20.8 Å². The van der Waals surface area contributed by atoms with E-state index in [-0.39, 0.29) is 6.54 Å². The van der Waals surface area contributed by atoms with E-state index in [2.05, 4.69) is 10.1 Å². The topological polar surface area (TPSA) is 84.9 Å². The summed E-state index contributed by atoms with van der Waals surface area (Å²) in [6.45, 7) is 4.90. The monoisotopic (exact) mass is 219 g/mol. The highest BCUT2D eigenvalue weighted by Gasteiger charge is 2.19. The number of hydrogen-bond donors (Lipinski definition) is 2. The molecule has 0 radical (unpaired) electrons. The summed E-state index contributed by atoms with van der Waals surface area (Å²) in [4.78, 5) is 21.8. The van der Waals surface area contributed by atoms with Crippen LogP contribution in [0.3, 0.4) is 0 Å². The van der Waals surface area contributed by atoms with Crippen molar-refractivity contribution >= 4 is 12.1 Å². The standard InChI is InChI=1S/C9H17NO5/c1-9(2,3)15-8(13)10-5-6(11)7(12)14-4/h6,11H,5H2,1-4H3,(H,10,13)/t6-/m1/s1. The second-order valence-corrected chi connectivity index (χ2v) is 3.92. The largest absolute Gasteiger partial charge is 0.467 e. The number of amides is 1. The number of aliphatic hydroxyl groups is 1. The molecule has 0 bridgehead atoms. The Balaban J connectivity index is 3.86. The SMILES string of the molecule is COC(=O)[C@H](O)CNC(=O)OC(C)(C)C. The maximum atomic E-state index is 11.1. The number of alkyl carbamates (subject to hydrolysis) is 1. The van der Waals surface area contributed by atoms with E-state index in [0.717, 1.165) is 7.11 Å². The normalized spacial score (nSPS) is 12.9. The van der Waals surface area contributed by atoms with E-state index < -0.39 is 23.8 Å². The molecular formula is C9H17NO5. The van der Waals surface area contributed by atoms with Gasteiger partial charge in [-0.25, -0.2) is 9.59 Å². The van der Waals surface area contributed by atoms with Crippen LogP contribution in [0.25, 0.3) is 0 Å². The van der Waals surface area contributed by atoms with E-state index in [4.69, 9.17) is 9.84 Å². The fraction of sp³-hybridized carbons (Fsp3) is 0.778. The number of carbonyl (C=O) groups is 2. The van der Waals surface area contributed by atoms with Gasteiger partial charge in [0.15, 0.2) is 6.10 Å². The molecule has 0 fully saturated rings. The third-order valence-corrected chi connectivity index (χ3v) is 1.31. The van der Waals surface area contributed by atoms with E-state index in [0.29, 0.717) is 0 Å². The van der Waals surface area contributed by atoms with Gasteiger partial charge in [0.2, 0.25) is 0 Å². The second kappa shape index (κ2) is 5.55. The predicted octanol–water partition coefficient (Wildman–Crippen LogP) is 0.0450. The lowest BCUT2D eigenvalue weighted by Gasteiger charge is -2.20. The lowest BCUT2D eigenvalue weighted by atomic mass is 10.2. The van der Waals surface area contributed by atoms with Gasteiger partial charge in [0.05, 0.1) is 13.7 Å². The molecule has 15 heavy (non-hydrogen) atoms. The number of aliphatic hydroxyl groups excluding tert-OH is 1. The fourth-order valence-corrected chi connectivity index (χ4v) is 0.714. The smallest absolute Gasteiger partial charge is 0.407 e. The van der Waals surface area contributed by atoms with Gasteiger partial charge >= 0.3 is 12.1 Å². The molecule has 0 unspecified atom stereocenters. The first kappa shape index (κ1) is 13.7. The minimum Gasteiger partial charge on any atom is -0.467 e. The number of esters is 1. The molecule has 0 aromatic rings. The van der Waals surface area contributed by atoms with Crippen LogP contribution in [-0.4, -0.2) is 42.5 Å². The van der Waals surface area contributed by atoms with Gasteiger partial charge in [0, 0.05) is 0 Å². The minimum atomic E-state index is -1.37. The Hall–Kier alpha value is -1.30. The van der Waals surface area contributed by atoms with Crippen molar-refractivity contribution in [2.24, 2.45) is 0 Å². The minimum absolute atomic E-state index is 0.235. The Bertz CT molecular complexity index is 233. The Labute approximate surface area is 88.6 Å². The summed E-state index contributed by atoms with van der Waals surface area (Å²) >= 11 is 0. The zero-order chi connectivity index (χ0) is 12.1. The van der Waals surface area contributed by atoms with E-state index in [1.807, 2.05) is 0 Å². The highest BCUT2D eigenvalue weighted by Crippen LogP contribution is 2.06. The van der Waals surface area contributed by atoms with Gasteiger partial charge in [-0.1, -0.05) is 0 Å². The molecule has 0 heterocycles. The molecule has 0 aromatic carbocycles. The van der Waals surface area contributed by atoms with Gasteiger partial charge in [-0.15, -0.1) is 0 Å². The summed E-state index contributed by atoms with van der Waals surface area (Å²) in [5.41, 5.74) is -0.611. The number of nitrogens with one attached hydrogen (secondary N) is 1. The molecule has 0 saturated heterocycles. The Morgan fingerprint density at radius 2 is 1.93 bits per heavy atom. The molecule has 0 spiro atoms. The molecular weight excluding hydrogens is 202 g/mol. The number of hydrogen-bond acceptors (Lipinski definition) is 5. The highest BCUT2D eigenvalue weighted by molar-refractivity contribution is 5.75. The summed E-state index contributed by atoms with van der Waals surface area (Å²) in [5, 5.41) is 11.4. The maximum Gasteiger partial charge on any atom is 0.407 e. The van der Waals surface area contributed by atoms with Crippen molar-refractivity contribution < 1.29 is 24.2 Å². The van der Waals surface area contributed by atoms with E-state index in [1.165, 1.54) is 0 Å². The zero-order valence-corrected chi connectivity index (χ0v) is 9.36. The van der Waals surface area contributed by atoms with Crippen LogP contribution in [-0.2, 0) is 14.3 Å². The van der Waals surface area contributed by atoms with Crippen molar-refractivity contribution in [3.8, 4) is 0 Å². The summed E-state index contributed by atoms with van der Waals surface area (Å²) < 4.78 is 9.15. The fourth-order valence-electron chi connectivity index (χ4n) is 0.714. The van der Waals surface area contributed by atoms with Crippen LogP contribution in [0.5, 0.6) is 0 Å². The van der Waals surface area contributed by atoms with Crippen molar-refractivity contribution in [2.45, 2.75) is 32.5 Å². The third kappa shape index (κ3) is 6.73. The van der Waals surface area contributed by atoms with Gasteiger partial charge in [0.1, 0.15) is 5.60 Å². The van der Waals surface area contributed by atoms with Gasteiger partial charge in [0.25, 0.3) is 0 Å². The molecule has 0 saturated carbocycles. The molecule has 1 amide bonds. The van der Waals surface area contributed by atoms with Crippen molar-refractivity contribution in [3.63, 3.8) is 0 Å². The van der Waals surface area contributed by atoms with Crippen LogP contribution >= 0.6 is 0 Å². The quantitative estimate of drug-likeness (QED) is 0.655. The number of carbonyl (C=O) groups excluding carboxylic acids is 2. The molecule has 0 aliphatic heterocycles. The van der Waals surface area contributed by atoms with Gasteiger partial charge < -0.3 is 19.9 Å². The molecule has 0 aliphatic rings. The molecule has 0 aliphatic carbocycles. The zero-order valence-electron chi connectivity index (χ0n) is 9.36. The van der Waals surface area contributed by atoms with Gasteiger partial charge in [-0.2, -0.15) is 0 Å². The summed E-state index contributed by atoms with van der Waals surface area (Å²) in [6, 6.07) is 0. The maximum absolute atomic E-state index is 11.1. The van der Waals surface area contributed by atoms with Crippen LogP contribution in [0.4, 0.5) is 4.79 Å². The first-order valence-electron chi connectivity index (χ1n) is 4.49. The second-order valence-electron chi connectivity index (χ2n) is 3.92. The molecule has 0 aromatic heterocycles. The van der Waals surface area contributed by atoms with Gasteiger partial charge in [-0.05, 0) is 20.8 Å². The first-order valence-corrected chi connectivity index (χ1v) is 4.49. The predicted molar refractivity (Wildman–Crippen MR) is 52.3 cm³/mol. The Kier molecular flexibility index (Phi) is 5.07. The van der Waals surface area contributed by atoms with E-state index >= 15 is 0 Å². The average molecular weight is 219 g/mol. The van der Waals surface area contributed by atoms with Crippen LogP contribution in [0, 0.1) is 0 Å². The first-order chi connectivity index (χ1) is 6.76. The van der Waals surface area contributed by atoms with Crippen LogP contribution in [0.15, 0.2) is 0 Å². The number of methoxy groups -OCH3 is 1. The molecule has 6 nitrogen and oxygen atoms in total. The summed E-state index contributed by atoms with van der Waals surface area (Å²) in [5.74, 6) is -0.800. The third-order valence-electron chi connectivity index (χ3n) is 1.31. The van der Waals surface area contributed by atoms with Gasteiger partial charge in [-0.3, -0.25) is 0 Å². The van der Waals surface area contributed by atoms with Crippen LogP contribution in [0.1, 0.15) is 20.8 Å². The lowest BCUT2D eigenvalue weighted by molar-refractivity contribution is -0.149. The Morgan fingerprint density at radius 1 is 1.40 bits per heavy atom. The average Bonchev–Trinajstić information content (AvgIpc) is 2.10. The molecule has 0 rings (SSSR count). The number of rotatable bonds is 3.